The molecule has 4 heteroatoms. The van der Waals surface area contributed by atoms with Crippen LogP contribution in [0.4, 0.5) is 5.69 Å². The van der Waals surface area contributed by atoms with Crippen molar-refractivity contribution >= 4 is 23.0 Å². The number of piperidine rings is 2. The quantitative estimate of drug-likeness (QED) is 0.634. The molecule has 2 N–H and O–H groups in total. The molecule has 3 nitrogen and oxygen atoms in total. The van der Waals surface area contributed by atoms with Crippen LogP contribution < -0.4 is 10.6 Å². The van der Waals surface area contributed by atoms with Crippen LogP contribution in [0, 0.1) is 13.8 Å². The highest BCUT2D eigenvalue weighted by Crippen LogP contribution is 2.33. The van der Waals surface area contributed by atoms with Gasteiger partial charge in [-0.1, -0.05) is 18.6 Å². The lowest BCUT2D eigenvalue weighted by Gasteiger charge is -2.48. The highest BCUT2D eigenvalue weighted by molar-refractivity contribution is 7.80. The van der Waals surface area contributed by atoms with E-state index in [9.17, 15) is 0 Å². The molecule has 2 fully saturated rings. The zero-order valence-electron chi connectivity index (χ0n) is 14.8. The van der Waals surface area contributed by atoms with Crippen molar-refractivity contribution in [2.75, 3.05) is 11.9 Å². The number of nitrogens with one attached hydrogen (secondary N) is 2. The molecule has 24 heavy (non-hydrogen) atoms. The minimum Gasteiger partial charge on any atom is -0.360 e. The molecule has 2 atom stereocenters. The molecule has 0 saturated carbocycles. The summed E-state index contributed by atoms with van der Waals surface area (Å²) in [5.41, 5.74) is 3.59. The molecule has 2 bridgehead atoms. The van der Waals surface area contributed by atoms with Crippen molar-refractivity contribution in [1.29, 1.82) is 0 Å². The van der Waals surface area contributed by atoms with Crippen LogP contribution in [-0.2, 0) is 0 Å². The van der Waals surface area contributed by atoms with Gasteiger partial charge in [-0.05, 0) is 75.0 Å². The summed E-state index contributed by atoms with van der Waals surface area (Å²) in [6.45, 7) is 9.18. The summed E-state index contributed by atoms with van der Waals surface area (Å²) in [6.07, 6.45) is 8.38. The Bertz CT molecular complexity index is 579. The lowest BCUT2D eigenvalue weighted by atomic mass is 9.82. The van der Waals surface area contributed by atoms with Crippen molar-refractivity contribution in [3.05, 3.63) is 42.0 Å². The van der Waals surface area contributed by atoms with Gasteiger partial charge < -0.3 is 10.6 Å². The van der Waals surface area contributed by atoms with E-state index in [2.05, 4.69) is 54.2 Å². The summed E-state index contributed by atoms with van der Waals surface area (Å²) >= 11 is 5.56. The minimum absolute atomic E-state index is 0.479. The van der Waals surface area contributed by atoms with E-state index < -0.39 is 0 Å². The van der Waals surface area contributed by atoms with Crippen molar-refractivity contribution in [2.24, 2.45) is 0 Å². The first-order valence-corrected chi connectivity index (χ1v) is 9.48. The minimum atomic E-state index is 0.479. The summed E-state index contributed by atoms with van der Waals surface area (Å²) in [7, 11) is 0. The van der Waals surface area contributed by atoms with Crippen molar-refractivity contribution in [2.45, 2.75) is 64.1 Å². The van der Waals surface area contributed by atoms with E-state index in [0.717, 1.165) is 17.3 Å². The van der Waals surface area contributed by atoms with Crippen molar-refractivity contribution in [3.8, 4) is 0 Å². The van der Waals surface area contributed by atoms with Crippen LogP contribution >= 0.6 is 12.2 Å². The first kappa shape index (κ1) is 17.4. The van der Waals surface area contributed by atoms with Crippen LogP contribution in [0.2, 0.25) is 0 Å². The Morgan fingerprint density at radius 2 is 1.83 bits per heavy atom. The average molecular weight is 344 g/mol. The van der Waals surface area contributed by atoms with Gasteiger partial charge in [0.15, 0.2) is 5.11 Å². The van der Waals surface area contributed by atoms with E-state index in [-0.39, 0.29) is 0 Å². The van der Waals surface area contributed by atoms with Crippen LogP contribution in [0.15, 0.2) is 30.9 Å². The van der Waals surface area contributed by atoms with Gasteiger partial charge in [0, 0.05) is 30.4 Å². The fraction of sp³-hybridized carbons (Fsp3) is 0.550. The van der Waals surface area contributed by atoms with Gasteiger partial charge in [-0.2, -0.15) is 0 Å². The fourth-order valence-electron chi connectivity index (χ4n) is 4.44. The SMILES string of the molecule is C=CCN1C2CCCC1CC(NC(=S)Nc1cc(C)cc(C)c1)C2. The number of fused-ring (bicyclic) bond motifs is 2. The lowest BCUT2D eigenvalue weighted by molar-refractivity contribution is 0.0389. The van der Waals surface area contributed by atoms with Gasteiger partial charge in [0.2, 0.25) is 0 Å². The van der Waals surface area contributed by atoms with E-state index >= 15 is 0 Å². The number of rotatable bonds is 4. The number of nitrogens with zero attached hydrogens (tertiary/aromatic N) is 1. The molecule has 0 amide bonds. The molecule has 0 spiro atoms. The molecule has 1 aromatic rings. The van der Waals surface area contributed by atoms with E-state index in [0.29, 0.717) is 18.1 Å². The maximum atomic E-state index is 5.56. The monoisotopic (exact) mass is 343 g/mol. The van der Waals surface area contributed by atoms with Crippen molar-refractivity contribution in [3.63, 3.8) is 0 Å². The topological polar surface area (TPSA) is 27.3 Å². The van der Waals surface area contributed by atoms with Crippen molar-refractivity contribution in [1.82, 2.24) is 10.2 Å². The molecule has 1 aromatic carbocycles. The highest BCUT2D eigenvalue weighted by atomic mass is 32.1. The van der Waals surface area contributed by atoms with E-state index in [1.165, 1.54) is 43.2 Å². The second-order valence-electron chi connectivity index (χ2n) is 7.37. The zero-order valence-corrected chi connectivity index (χ0v) is 15.7. The predicted molar refractivity (Wildman–Crippen MR) is 107 cm³/mol. The second kappa shape index (κ2) is 7.66. The van der Waals surface area contributed by atoms with E-state index in [4.69, 9.17) is 12.2 Å². The first-order valence-electron chi connectivity index (χ1n) is 9.07. The van der Waals surface area contributed by atoms with Gasteiger partial charge in [0.1, 0.15) is 0 Å². The van der Waals surface area contributed by atoms with Gasteiger partial charge in [-0.15, -0.1) is 6.58 Å². The summed E-state index contributed by atoms with van der Waals surface area (Å²) in [6, 6.07) is 8.30. The number of hydrogen-bond donors (Lipinski definition) is 2. The molecule has 2 heterocycles. The number of anilines is 1. The molecule has 2 aliphatic rings. The fourth-order valence-corrected chi connectivity index (χ4v) is 4.73. The number of benzene rings is 1. The number of thiocarbonyl (C=S) groups is 1. The molecule has 2 saturated heterocycles. The normalized spacial score (nSPS) is 26.7. The Balaban J connectivity index is 1.58. The van der Waals surface area contributed by atoms with Crippen molar-refractivity contribution < 1.29 is 0 Å². The van der Waals surface area contributed by atoms with Gasteiger partial charge in [-0.25, -0.2) is 0 Å². The second-order valence-corrected chi connectivity index (χ2v) is 7.78. The van der Waals surface area contributed by atoms with Gasteiger partial charge >= 0.3 is 0 Å². The third-order valence-corrected chi connectivity index (χ3v) is 5.50. The Hall–Kier alpha value is -1.39. The molecule has 3 rings (SSSR count). The largest absolute Gasteiger partial charge is 0.360 e. The zero-order chi connectivity index (χ0) is 17.1. The first-order chi connectivity index (χ1) is 11.5. The molecule has 0 aliphatic carbocycles. The molecule has 130 valence electrons. The maximum absolute atomic E-state index is 5.56. The summed E-state index contributed by atoms with van der Waals surface area (Å²) in [5.74, 6) is 0. The van der Waals surface area contributed by atoms with E-state index in [1.807, 2.05) is 6.08 Å². The van der Waals surface area contributed by atoms with Crippen LogP contribution in [-0.4, -0.2) is 34.7 Å². The Morgan fingerprint density at radius 3 is 2.42 bits per heavy atom. The Kier molecular flexibility index (Phi) is 5.57. The van der Waals surface area contributed by atoms with Crippen LogP contribution in [0.5, 0.6) is 0 Å². The summed E-state index contributed by atoms with van der Waals surface area (Å²) in [4.78, 5) is 2.65. The molecule has 2 aliphatic heterocycles. The Labute approximate surface area is 151 Å². The van der Waals surface area contributed by atoms with Gasteiger partial charge in [-0.3, -0.25) is 4.90 Å². The smallest absolute Gasteiger partial charge is 0.170 e. The average Bonchev–Trinajstić information content (AvgIpc) is 2.47. The maximum Gasteiger partial charge on any atom is 0.170 e. The van der Waals surface area contributed by atoms with Gasteiger partial charge in [0.25, 0.3) is 0 Å². The number of hydrogen-bond acceptors (Lipinski definition) is 2. The predicted octanol–water partition coefficient (Wildman–Crippen LogP) is 4.16. The van der Waals surface area contributed by atoms with Crippen LogP contribution in [0.3, 0.4) is 0 Å². The summed E-state index contributed by atoms with van der Waals surface area (Å²) in [5, 5.41) is 7.68. The van der Waals surface area contributed by atoms with Crippen LogP contribution in [0.1, 0.15) is 43.2 Å². The third-order valence-electron chi connectivity index (χ3n) is 5.28. The van der Waals surface area contributed by atoms with Crippen LogP contribution in [0.25, 0.3) is 0 Å². The summed E-state index contributed by atoms with van der Waals surface area (Å²) < 4.78 is 0. The standard InChI is InChI=1S/C20H29N3S/c1-4-8-23-18-6-5-7-19(23)13-17(12-18)22-20(24)21-16-10-14(2)9-15(3)11-16/h4,9-11,17-19H,1,5-8,12-13H2,2-3H3,(H2,21,22,24). The Morgan fingerprint density at radius 1 is 1.21 bits per heavy atom. The molecule has 2 unspecified atom stereocenters. The lowest BCUT2D eigenvalue weighted by Crippen LogP contribution is -2.57. The third kappa shape index (κ3) is 4.17. The molecular formula is C20H29N3S. The molecule has 0 aromatic heterocycles. The van der Waals surface area contributed by atoms with Gasteiger partial charge in [0.05, 0.1) is 0 Å². The molecular weight excluding hydrogens is 314 g/mol. The number of aryl methyl sites for hydroxylation is 2. The van der Waals surface area contributed by atoms with E-state index in [1.54, 1.807) is 0 Å². The highest BCUT2D eigenvalue weighted by Gasteiger charge is 2.37. The molecule has 0 radical (unpaired) electrons.